The molecule has 0 spiro atoms. The van der Waals surface area contributed by atoms with E-state index in [0.717, 1.165) is 35.9 Å². The van der Waals surface area contributed by atoms with Crippen LogP contribution in [0, 0.1) is 0 Å². The van der Waals surface area contributed by atoms with E-state index in [9.17, 15) is 0 Å². The number of benzene rings is 2. The highest BCUT2D eigenvalue weighted by molar-refractivity contribution is 6.30. The highest BCUT2D eigenvalue weighted by atomic mass is 35.5. The van der Waals surface area contributed by atoms with Crippen molar-refractivity contribution < 1.29 is 14.2 Å². The zero-order valence-electron chi connectivity index (χ0n) is 13.1. The standard InChI is InChI=1S/C18H20ClNO3/c1-20(8-9-21-16-6-3-5-15(19)12-16)13-14-4-2-7-17-18(14)23-11-10-22-17/h2-7,12H,8-11,13H2,1H3. The molecule has 0 N–H and O–H groups in total. The number of fused-ring (bicyclic) bond motifs is 1. The van der Waals surface area contributed by atoms with E-state index in [4.69, 9.17) is 25.8 Å². The molecule has 0 radical (unpaired) electrons. The van der Waals surface area contributed by atoms with Gasteiger partial charge in [-0.25, -0.2) is 0 Å². The van der Waals surface area contributed by atoms with Gasteiger partial charge in [-0.15, -0.1) is 0 Å². The third-order valence-electron chi connectivity index (χ3n) is 3.63. The summed E-state index contributed by atoms with van der Waals surface area (Å²) in [5.41, 5.74) is 1.13. The second-order valence-corrected chi connectivity index (χ2v) is 5.92. The van der Waals surface area contributed by atoms with Gasteiger partial charge in [0, 0.05) is 23.7 Å². The molecule has 0 saturated carbocycles. The zero-order chi connectivity index (χ0) is 16.1. The number of rotatable bonds is 6. The van der Waals surface area contributed by atoms with Crippen molar-refractivity contribution in [2.24, 2.45) is 0 Å². The van der Waals surface area contributed by atoms with Gasteiger partial charge in [-0.2, -0.15) is 0 Å². The molecule has 0 amide bonds. The average Bonchev–Trinajstić information content (AvgIpc) is 2.55. The first-order valence-corrected chi connectivity index (χ1v) is 8.04. The molecule has 1 heterocycles. The maximum absolute atomic E-state index is 5.94. The van der Waals surface area contributed by atoms with Crippen LogP contribution in [0.3, 0.4) is 0 Å². The SMILES string of the molecule is CN(CCOc1cccc(Cl)c1)Cc1cccc2c1OCCO2. The molecule has 0 saturated heterocycles. The fourth-order valence-electron chi connectivity index (χ4n) is 2.50. The number of hydrogen-bond acceptors (Lipinski definition) is 4. The molecule has 122 valence electrons. The van der Waals surface area contributed by atoms with Crippen LogP contribution in [0.2, 0.25) is 5.02 Å². The Morgan fingerprint density at radius 1 is 1.13 bits per heavy atom. The Morgan fingerprint density at radius 2 is 1.96 bits per heavy atom. The van der Waals surface area contributed by atoms with Crippen molar-refractivity contribution in [3.63, 3.8) is 0 Å². The lowest BCUT2D eigenvalue weighted by Gasteiger charge is -2.23. The van der Waals surface area contributed by atoms with Gasteiger partial charge in [0.05, 0.1) is 0 Å². The lowest BCUT2D eigenvalue weighted by atomic mass is 10.1. The van der Waals surface area contributed by atoms with E-state index >= 15 is 0 Å². The van der Waals surface area contributed by atoms with Gasteiger partial charge in [-0.1, -0.05) is 29.8 Å². The highest BCUT2D eigenvalue weighted by Crippen LogP contribution is 2.34. The Kier molecular flexibility index (Phi) is 5.26. The molecule has 0 aliphatic carbocycles. The first-order valence-electron chi connectivity index (χ1n) is 7.67. The lowest BCUT2D eigenvalue weighted by Crippen LogP contribution is -2.25. The smallest absolute Gasteiger partial charge is 0.165 e. The number of likely N-dealkylation sites (N-methyl/N-ethyl adjacent to an activating group) is 1. The first kappa shape index (κ1) is 16.0. The minimum absolute atomic E-state index is 0.600. The summed E-state index contributed by atoms with van der Waals surface area (Å²) in [6, 6.07) is 13.5. The number of halogens is 1. The fraction of sp³-hybridized carbons (Fsp3) is 0.333. The second kappa shape index (κ2) is 7.57. The van der Waals surface area contributed by atoms with Gasteiger partial charge in [0.15, 0.2) is 11.5 Å². The van der Waals surface area contributed by atoms with Crippen LogP contribution < -0.4 is 14.2 Å². The summed E-state index contributed by atoms with van der Waals surface area (Å²) in [4.78, 5) is 2.19. The number of nitrogens with zero attached hydrogens (tertiary/aromatic N) is 1. The third kappa shape index (κ3) is 4.30. The summed E-state index contributed by atoms with van der Waals surface area (Å²) in [6.07, 6.45) is 0. The summed E-state index contributed by atoms with van der Waals surface area (Å²) in [5, 5.41) is 0.684. The summed E-state index contributed by atoms with van der Waals surface area (Å²) < 4.78 is 17.1. The Labute approximate surface area is 141 Å². The van der Waals surface area contributed by atoms with E-state index in [0.29, 0.717) is 24.8 Å². The van der Waals surface area contributed by atoms with Crippen molar-refractivity contribution in [3.8, 4) is 17.2 Å². The van der Waals surface area contributed by atoms with Crippen LogP contribution in [0.15, 0.2) is 42.5 Å². The van der Waals surface area contributed by atoms with Crippen LogP contribution in [0.25, 0.3) is 0 Å². The fourth-order valence-corrected chi connectivity index (χ4v) is 2.68. The number of hydrogen-bond donors (Lipinski definition) is 0. The van der Waals surface area contributed by atoms with E-state index in [2.05, 4.69) is 18.0 Å². The summed E-state index contributed by atoms with van der Waals surface area (Å²) in [6.45, 7) is 3.40. The molecule has 0 bridgehead atoms. The molecule has 23 heavy (non-hydrogen) atoms. The summed E-state index contributed by atoms with van der Waals surface area (Å²) in [7, 11) is 2.06. The van der Waals surface area contributed by atoms with Crippen molar-refractivity contribution in [2.45, 2.75) is 6.54 Å². The predicted octanol–water partition coefficient (Wildman–Crippen LogP) is 3.62. The van der Waals surface area contributed by atoms with Gasteiger partial charge >= 0.3 is 0 Å². The molecule has 2 aromatic carbocycles. The molecule has 0 fully saturated rings. The van der Waals surface area contributed by atoms with E-state index < -0.39 is 0 Å². The average molecular weight is 334 g/mol. The minimum Gasteiger partial charge on any atom is -0.492 e. The van der Waals surface area contributed by atoms with Crippen LogP contribution in [0.4, 0.5) is 0 Å². The Hall–Kier alpha value is -1.91. The van der Waals surface area contributed by atoms with Crippen LogP contribution in [-0.2, 0) is 6.54 Å². The molecule has 5 heteroatoms. The molecule has 0 atom stereocenters. The van der Waals surface area contributed by atoms with Crippen molar-refractivity contribution >= 4 is 11.6 Å². The van der Waals surface area contributed by atoms with Gasteiger partial charge in [0.25, 0.3) is 0 Å². The van der Waals surface area contributed by atoms with Crippen LogP contribution in [0.5, 0.6) is 17.2 Å². The first-order chi connectivity index (χ1) is 11.2. The molecule has 4 nitrogen and oxygen atoms in total. The van der Waals surface area contributed by atoms with Gasteiger partial charge in [-0.05, 0) is 31.3 Å². The van der Waals surface area contributed by atoms with Crippen molar-refractivity contribution in [2.75, 3.05) is 33.4 Å². The molecule has 0 unspecified atom stereocenters. The maximum atomic E-state index is 5.94. The largest absolute Gasteiger partial charge is 0.492 e. The molecule has 0 aromatic heterocycles. The lowest BCUT2D eigenvalue weighted by molar-refractivity contribution is 0.166. The quantitative estimate of drug-likeness (QED) is 0.808. The molecule has 2 aromatic rings. The van der Waals surface area contributed by atoms with E-state index in [1.54, 1.807) is 0 Å². The number of para-hydroxylation sites is 1. The van der Waals surface area contributed by atoms with E-state index in [1.165, 1.54) is 0 Å². The molecule has 1 aliphatic heterocycles. The van der Waals surface area contributed by atoms with Gasteiger partial charge in [-0.3, -0.25) is 4.90 Å². The van der Waals surface area contributed by atoms with E-state index in [-0.39, 0.29) is 0 Å². The van der Waals surface area contributed by atoms with Gasteiger partial charge in [0.1, 0.15) is 25.6 Å². The van der Waals surface area contributed by atoms with E-state index in [1.807, 2.05) is 36.4 Å². The Bertz CT molecular complexity index is 662. The highest BCUT2D eigenvalue weighted by Gasteiger charge is 2.16. The third-order valence-corrected chi connectivity index (χ3v) is 3.86. The van der Waals surface area contributed by atoms with Crippen LogP contribution >= 0.6 is 11.6 Å². The van der Waals surface area contributed by atoms with Crippen LogP contribution in [0.1, 0.15) is 5.56 Å². The predicted molar refractivity (Wildman–Crippen MR) is 90.7 cm³/mol. The molecule has 1 aliphatic rings. The minimum atomic E-state index is 0.600. The summed E-state index contributed by atoms with van der Waals surface area (Å²) >= 11 is 5.94. The monoisotopic (exact) mass is 333 g/mol. The second-order valence-electron chi connectivity index (χ2n) is 5.48. The van der Waals surface area contributed by atoms with Gasteiger partial charge < -0.3 is 14.2 Å². The molecule has 3 rings (SSSR count). The van der Waals surface area contributed by atoms with Crippen LogP contribution in [-0.4, -0.2) is 38.3 Å². The Morgan fingerprint density at radius 3 is 2.83 bits per heavy atom. The Balaban J connectivity index is 1.52. The van der Waals surface area contributed by atoms with Crippen molar-refractivity contribution in [1.82, 2.24) is 4.90 Å². The van der Waals surface area contributed by atoms with Crippen molar-refractivity contribution in [1.29, 1.82) is 0 Å². The molecular weight excluding hydrogens is 314 g/mol. The molecular formula is C18H20ClNO3. The van der Waals surface area contributed by atoms with Crippen molar-refractivity contribution in [3.05, 3.63) is 53.1 Å². The topological polar surface area (TPSA) is 30.9 Å². The zero-order valence-corrected chi connectivity index (χ0v) is 13.9. The summed E-state index contributed by atoms with van der Waals surface area (Å²) in [5.74, 6) is 2.48. The van der Waals surface area contributed by atoms with Gasteiger partial charge in [0.2, 0.25) is 0 Å². The number of ether oxygens (including phenoxy) is 3. The normalized spacial score (nSPS) is 13.2. The maximum Gasteiger partial charge on any atom is 0.165 e.